The number of benzene rings is 2. The second-order valence-electron chi connectivity index (χ2n) is 6.77. The quantitative estimate of drug-likeness (QED) is 0.445. The molecule has 2 aromatic carbocycles. The lowest BCUT2D eigenvalue weighted by Crippen LogP contribution is -2.09. The van der Waals surface area contributed by atoms with Crippen molar-refractivity contribution >= 4 is 5.69 Å². The third kappa shape index (κ3) is 7.38. The van der Waals surface area contributed by atoms with Gasteiger partial charge in [-0.1, -0.05) is 51.3 Å². The van der Waals surface area contributed by atoms with Gasteiger partial charge in [0.05, 0.1) is 12.7 Å². The van der Waals surface area contributed by atoms with Gasteiger partial charge in [-0.15, -0.1) is 0 Å². The topological polar surface area (TPSA) is 30.5 Å². The minimum absolute atomic E-state index is 0.236. The summed E-state index contributed by atoms with van der Waals surface area (Å²) in [6.07, 6.45) is 6.17. The molecular formula is C23H33NO2. The molecule has 3 heteroatoms. The average Bonchev–Trinajstić information content (AvgIpc) is 2.67. The van der Waals surface area contributed by atoms with E-state index in [4.69, 9.17) is 9.47 Å². The van der Waals surface area contributed by atoms with Crippen LogP contribution < -0.4 is 14.8 Å². The number of ether oxygens (including phenoxy) is 2. The van der Waals surface area contributed by atoms with Crippen LogP contribution >= 0.6 is 0 Å². The van der Waals surface area contributed by atoms with Gasteiger partial charge in [0.25, 0.3) is 0 Å². The van der Waals surface area contributed by atoms with E-state index in [1.165, 1.54) is 24.8 Å². The lowest BCUT2D eigenvalue weighted by Gasteiger charge is -2.14. The molecular weight excluding hydrogens is 322 g/mol. The Morgan fingerprint density at radius 1 is 0.923 bits per heavy atom. The van der Waals surface area contributed by atoms with Gasteiger partial charge < -0.3 is 14.8 Å². The fourth-order valence-corrected chi connectivity index (χ4v) is 2.62. The van der Waals surface area contributed by atoms with Gasteiger partial charge in [-0.25, -0.2) is 0 Å². The van der Waals surface area contributed by atoms with Gasteiger partial charge in [0.2, 0.25) is 0 Å². The molecule has 1 atom stereocenters. The van der Waals surface area contributed by atoms with E-state index in [2.05, 4.69) is 62.5 Å². The van der Waals surface area contributed by atoms with E-state index in [9.17, 15) is 0 Å². The standard InChI is InChI=1S/C23H33NO2/c1-4-6-7-8-16-25-22-14-12-20(13-15-22)18-24-21-10-9-11-23(17-21)26-19(3)5-2/h9-15,17,19,24H,4-8,16,18H2,1-3H3. The summed E-state index contributed by atoms with van der Waals surface area (Å²) < 4.78 is 11.7. The first kappa shape index (κ1) is 20.2. The number of nitrogens with one attached hydrogen (secondary N) is 1. The van der Waals surface area contributed by atoms with Crippen molar-refractivity contribution in [3.63, 3.8) is 0 Å². The molecule has 1 N–H and O–H groups in total. The predicted octanol–water partition coefficient (Wildman–Crippen LogP) is 6.44. The molecule has 0 fully saturated rings. The summed E-state index contributed by atoms with van der Waals surface area (Å²) >= 11 is 0. The van der Waals surface area contributed by atoms with Gasteiger partial charge in [-0.3, -0.25) is 0 Å². The Balaban J connectivity index is 1.78. The van der Waals surface area contributed by atoms with Gasteiger partial charge in [-0.2, -0.15) is 0 Å². The molecule has 0 spiro atoms. The first-order valence-corrected chi connectivity index (χ1v) is 9.93. The van der Waals surface area contributed by atoms with E-state index >= 15 is 0 Å². The molecule has 2 rings (SSSR count). The maximum atomic E-state index is 5.88. The van der Waals surface area contributed by atoms with Crippen molar-refractivity contribution in [1.82, 2.24) is 0 Å². The summed E-state index contributed by atoms with van der Waals surface area (Å²) in [4.78, 5) is 0. The summed E-state index contributed by atoms with van der Waals surface area (Å²) in [6.45, 7) is 8.03. The van der Waals surface area contributed by atoms with Crippen LogP contribution in [-0.2, 0) is 6.54 Å². The molecule has 0 bridgehead atoms. The van der Waals surface area contributed by atoms with Gasteiger partial charge in [0.15, 0.2) is 0 Å². The van der Waals surface area contributed by atoms with Crippen LogP contribution in [0, 0.1) is 0 Å². The van der Waals surface area contributed by atoms with Crippen molar-refractivity contribution in [3.05, 3.63) is 54.1 Å². The van der Waals surface area contributed by atoms with Gasteiger partial charge in [-0.05, 0) is 49.6 Å². The summed E-state index contributed by atoms with van der Waals surface area (Å²) in [6, 6.07) is 16.5. The van der Waals surface area contributed by atoms with E-state index < -0.39 is 0 Å². The van der Waals surface area contributed by atoms with E-state index in [0.717, 1.165) is 43.2 Å². The molecule has 0 aliphatic rings. The minimum Gasteiger partial charge on any atom is -0.494 e. The van der Waals surface area contributed by atoms with Crippen LogP contribution in [0.15, 0.2) is 48.5 Å². The first-order chi connectivity index (χ1) is 12.7. The molecule has 0 saturated carbocycles. The maximum absolute atomic E-state index is 5.88. The lowest BCUT2D eigenvalue weighted by molar-refractivity contribution is 0.217. The van der Waals surface area contributed by atoms with Crippen LogP contribution in [0.1, 0.15) is 58.4 Å². The van der Waals surface area contributed by atoms with Crippen LogP contribution in [0.2, 0.25) is 0 Å². The van der Waals surface area contributed by atoms with E-state index in [0.29, 0.717) is 0 Å². The van der Waals surface area contributed by atoms with Crippen molar-refractivity contribution in [2.75, 3.05) is 11.9 Å². The molecule has 0 heterocycles. The van der Waals surface area contributed by atoms with Gasteiger partial charge in [0, 0.05) is 18.3 Å². The number of anilines is 1. The predicted molar refractivity (Wildman–Crippen MR) is 110 cm³/mol. The molecule has 0 aliphatic carbocycles. The monoisotopic (exact) mass is 355 g/mol. The molecule has 3 nitrogen and oxygen atoms in total. The van der Waals surface area contributed by atoms with E-state index in [-0.39, 0.29) is 6.10 Å². The van der Waals surface area contributed by atoms with Gasteiger partial charge in [0.1, 0.15) is 11.5 Å². The zero-order chi connectivity index (χ0) is 18.6. The Kier molecular flexibility index (Phi) is 8.88. The Bertz CT molecular complexity index is 624. The highest BCUT2D eigenvalue weighted by Crippen LogP contribution is 2.20. The van der Waals surface area contributed by atoms with Crippen LogP contribution in [0.25, 0.3) is 0 Å². The number of rotatable bonds is 12. The van der Waals surface area contributed by atoms with Crippen molar-refractivity contribution in [1.29, 1.82) is 0 Å². The third-order valence-corrected chi connectivity index (χ3v) is 4.43. The first-order valence-electron chi connectivity index (χ1n) is 9.93. The number of hydrogen-bond donors (Lipinski definition) is 1. The van der Waals surface area contributed by atoms with Crippen LogP contribution in [0.3, 0.4) is 0 Å². The Morgan fingerprint density at radius 2 is 1.73 bits per heavy atom. The molecule has 26 heavy (non-hydrogen) atoms. The second kappa shape index (κ2) is 11.5. The van der Waals surface area contributed by atoms with Crippen molar-refractivity contribution in [2.45, 2.75) is 65.5 Å². The van der Waals surface area contributed by atoms with Gasteiger partial charge >= 0.3 is 0 Å². The second-order valence-corrected chi connectivity index (χ2v) is 6.77. The summed E-state index contributed by atoms with van der Waals surface area (Å²) in [7, 11) is 0. The molecule has 0 aliphatic heterocycles. The largest absolute Gasteiger partial charge is 0.494 e. The fourth-order valence-electron chi connectivity index (χ4n) is 2.62. The molecule has 1 unspecified atom stereocenters. The normalized spacial score (nSPS) is 11.8. The summed E-state index contributed by atoms with van der Waals surface area (Å²) in [5.74, 6) is 1.87. The highest BCUT2D eigenvalue weighted by molar-refractivity contribution is 5.48. The Labute approximate surface area is 158 Å². The van der Waals surface area contributed by atoms with E-state index in [1.54, 1.807) is 0 Å². The highest BCUT2D eigenvalue weighted by atomic mass is 16.5. The Hall–Kier alpha value is -2.16. The minimum atomic E-state index is 0.236. The molecule has 0 aromatic heterocycles. The zero-order valence-electron chi connectivity index (χ0n) is 16.5. The number of hydrogen-bond acceptors (Lipinski definition) is 3. The molecule has 142 valence electrons. The van der Waals surface area contributed by atoms with Crippen molar-refractivity contribution in [2.24, 2.45) is 0 Å². The SMILES string of the molecule is CCCCCCOc1ccc(CNc2cccc(OC(C)CC)c2)cc1. The third-order valence-electron chi connectivity index (χ3n) is 4.43. The molecule has 0 saturated heterocycles. The highest BCUT2D eigenvalue weighted by Gasteiger charge is 2.02. The molecule has 0 amide bonds. The fraction of sp³-hybridized carbons (Fsp3) is 0.478. The van der Waals surface area contributed by atoms with Crippen LogP contribution in [0.5, 0.6) is 11.5 Å². The smallest absolute Gasteiger partial charge is 0.121 e. The average molecular weight is 356 g/mol. The zero-order valence-corrected chi connectivity index (χ0v) is 16.5. The lowest BCUT2D eigenvalue weighted by atomic mass is 10.2. The number of unbranched alkanes of at least 4 members (excludes halogenated alkanes) is 3. The summed E-state index contributed by atoms with van der Waals surface area (Å²) in [5.41, 5.74) is 2.30. The van der Waals surface area contributed by atoms with Crippen LogP contribution in [-0.4, -0.2) is 12.7 Å². The molecule has 0 radical (unpaired) electrons. The maximum Gasteiger partial charge on any atom is 0.121 e. The molecule has 2 aromatic rings. The Morgan fingerprint density at radius 3 is 2.46 bits per heavy atom. The summed E-state index contributed by atoms with van der Waals surface area (Å²) in [5, 5.41) is 3.46. The van der Waals surface area contributed by atoms with Crippen LogP contribution in [0.4, 0.5) is 5.69 Å². The van der Waals surface area contributed by atoms with Crippen molar-refractivity contribution in [3.8, 4) is 11.5 Å². The van der Waals surface area contributed by atoms with E-state index in [1.807, 2.05) is 12.1 Å². The van der Waals surface area contributed by atoms with Crippen molar-refractivity contribution < 1.29 is 9.47 Å².